The van der Waals surface area contributed by atoms with Gasteiger partial charge < -0.3 is 0 Å². The predicted octanol–water partition coefficient (Wildman–Crippen LogP) is 9.00. The zero-order chi connectivity index (χ0) is 23.5. The summed E-state index contributed by atoms with van der Waals surface area (Å²) in [5.74, 6) is 0. The van der Waals surface area contributed by atoms with Crippen LogP contribution in [-0.4, -0.2) is 11.4 Å². The number of benzene rings is 4. The molecule has 4 aromatic carbocycles. The van der Waals surface area contributed by atoms with E-state index >= 15 is 0 Å². The summed E-state index contributed by atoms with van der Waals surface area (Å²) in [6.07, 6.45) is 5.39. The first-order valence-electron chi connectivity index (χ1n) is 11.6. The lowest BCUT2D eigenvalue weighted by Crippen LogP contribution is -2.07. The zero-order valence-corrected chi connectivity index (χ0v) is 20.6. The minimum atomic E-state index is 0.798. The Labute approximate surface area is 214 Å². The number of allylic oxidation sites excluding steroid dienone is 4. The lowest BCUT2D eigenvalue weighted by atomic mass is 10.1. The van der Waals surface area contributed by atoms with Gasteiger partial charge in [0.05, 0.1) is 22.8 Å². The third-order valence-electron chi connectivity index (χ3n) is 5.80. The molecule has 2 heterocycles. The van der Waals surface area contributed by atoms with Gasteiger partial charge in [-0.25, -0.2) is 9.98 Å². The molecule has 0 atom stereocenters. The maximum absolute atomic E-state index is 5.03. The molecule has 0 aromatic heterocycles. The maximum atomic E-state index is 5.03. The molecule has 0 fully saturated rings. The third-order valence-corrected chi connectivity index (χ3v) is 8.09. The van der Waals surface area contributed by atoms with Crippen LogP contribution in [0.4, 0.5) is 11.4 Å². The fourth-order valence-corrected chi connectivity index (χ4v) is 6.19. The average Bonchev–Trinajstić information content (AvgIpc) is 2.93. The van der Waals surface area contributed by atoms with Gasteiger partial charge in [0.15, 0.2) is 0 Å². The Kier molecular flexibility index (Phi) is 6.22. The van der Waals surface area contributed by atoms with Crippen LogP contribution in [0.5, 0.6) is 0 Å². The van der Waals surface area contributed by atoms with Crippen LogP contribution in [0, 0.1) is 0 Å². The highest BCUT2D eigenvalue weighted by Crippen LogP contribution is 2.43. The molecule has 2 nitrogen and oxygen atoms in total. The molecule has 0 saturated heterocycles. The van der Waals surface area contributed by atoms with E-state index in [9.17, 15) is 0 Å². The molecular weight excluding hydrogens is 464 g/mol. The van der Waals surface area contributed by atoms with Gasteiger partial charge in [0.2, 0.25) is 0 Å². The minimum Gasteiger partial charge on any atom is -0.246 e. The van der Waals surface area contributed by atoms with Crippen LogP contribution in [0.2, 0.25) is 0 Å². The van der Waals surface area contributed by atoms with Crippen LogP contribution in [-0.2, 0) is 0 Å². The number of aliphatic imine (C=N–C) groups is 2. The molecule has 35 heavy (non-hydrogen) atoms. The molecule has 0 bridgehead atoms. The van der Waals surface area contributed by atoms with Crippen molar-refractivity contribution in [3.05, 3.63) is 142 Å². The Morgan fingerprint density at radius 3 is 1.34 bits per heavy atom. The van der Waals surface area contributed by atoms with E-state index in [1.807, 2.05) is 24.3 Å². The molecule has 0 amide bonds. The van der Waals surface area contributed by atoms with E-state index in [1.54, 1.807) is 23.5 Å². The zero-order valence-electron chi connectivity index (χ0n) is 19.0. The first-order chi connectivity index (χ1) is 17.3. The van der Waals surface area contributed by atoms with E-state index < -0.39 is 0 Å². The van der Waals surface area contributed by atoms with Crippen molar-refractivity contribution in [3.8, 4) is 0 Å². The Bertz CT molecular complexity index is 1380. The topological polar surface area (TPSA) is 24.7 Å². The number of rotatable bonds is 4. The molecule has 2 aliphatic rings. The minimum absolute atomic E-state index is 0.798. The highest BCUT2D eigenvalue weighted by Gasteiger charge is 2.21. The summed E-state index contributed by atoms with van der Waals surface area (Å²) < 4.78 is 0. The number of para-hydroxylation sites is 2. The second kappa shape index (κ2) is 9.95. The van der Waals surface area contributed by atoms with Crippen molar-refractivity contribution in [2.75, 3.05) is 0 Å². The van der Waals surface area contributed by atoms with Gasteiger partial charge in [0.1, 0.15) is 0 Å². The molecule has 0 N–H and O–H groups in total. The molecule has 0 unspecified atom stereocenters. The molecule has 2 aliphatic heterocycles. The number of fused-ring (bicyclic) bond motifs is 2. The lowest BCUT2D eigenvalue weighted by molar-refractivity contribution is 1.32. The normalized spacial score (nSPS) is 16.9. The molecule has 6 rings (SSSR count). The van der Waals surface area contributed by atoms with Gasteiger partial charge in [0.25, 0.3) is 0 Å². The number of nitrogens with zero attached hydrogens (tertiary/aromatic N) is 2. The van der Waals surface area contributed by atoms with E-state index in [2.05, 4.69) is 97.1 Å². The molecule has 4 aromatic rings. The van der Waals surface area contributed by atoms with Crippen LogP contribution in [0.15, 0.2) is 151 Å². The van der Waals surface area contributed by atoms with Gasteiger partial charge >= 0.3 is 0 Å². The second-order valence-electron chi connectivity index (χ2n) is 8.16. The third kappa shape index (κ3) is 4.68. The van der Waals surface area contributed by atoms with Gasteiger partial charge in [-0.1, -0.05) is 121 Å². The average molecular weight is 487 g/mol. The molecule has 168 valence electrons. The van der Waals surface area contributed by atoms with Gasteiger partial charge in [0, 0.05) is 30.7 Å². The Morgan fingerprint density at radius 2 is 0.886 bits per heavy atom. The number of thioether (sulfide) groups is 2. The van der Waals surface area contributed by atoms with Crippen molar-refractivity contribution < 1.29 is 0 Å². The maximum Gasteiger partial charge on any atom is 0.0845 e. The van der Waals surface area contributed by atoms with Crippen molar-refractivity contribution >= 4 is 46.3 Å². The lowest BCUT2D eigenvalue weighted by Gasteiger charge is -2.19. The van der Waals surface area contributed by atoms with Gasteiger partial charge in [-0.05, 0) is 30.7 Å². The summed E-state index contributed by atoms with van der Waals surface area (Å²) in [6.45, 7) is 0. The quantitative estimate of drug-likeness (QED) is 0.287. The van der Waals surface area contributed by atoms with Crippen LogP contribution < -0.4 is 0 Å². The monoisotopic (exact) mass is 486 g/mol. The Balaban J connectivity index is 1.36. The second-order valence-corrected chi connectivity index (χ2v) is 10.3. The summed E-state index contributed by atoms with van der Waals surface area (Å²) in [5, 5.41) is 0. The fraction of sp³-hybridized carbons (Fsp3) is 0.0323. The van der Waals surface area contributed by atoms with Gasteiger partial charge in [-0.3, -0.25) is 0 Å². The van der Waals surface area contributed by atoms with Crippen molar-refractivity contribution in [2.24, 2.45) is 9.98 Å². The summed E-state index contributed by atoms with van der Waals surface area (Å²) in [5.41, 5.74) is 6.41. The van der Waals surface area contributed by atoms with Crippen LogP contribution in [0.1, 0.15) is 17.5 Å². The summed E-state index contributed by atoms with van der Waals surface area (Å²) >= 11 is 3.59. The predicted molar refractivity (Wildman–Crippen MR) is 151 cm³/mol. The first kappa shape index (κ1) is 21.9. The fourth-order valence-electron chi connectivity index (χ4n) is 4.11. The summed E-state index contributed by atoms with van der Waals surface area (Å²) in [6, 6.07) is 37.6. The van der Waals surface area contributed by atoms with Crippen molar-refractivity contribution in [1.29, 1.82) is 0 Å². The van der Waals surface area contributed by atoms with E-state index in [-0.39, 0.29) is 0 Å². The van der Waals surface area contributed by atoms with Crippen LogP contribution >= 0.6 is 23.5 Å². The van der Waals surface area contributed by atoms with Gasteiger partial charge in [-0.15, -0.1) is 0 Å². The molecule has 0 saturated carbocycles. The van der Waals surface area contributed by atoms with Crippen LogP contribution in [0.3, 0.4) is 0 Å². The smallest absolute Gasteiger partial charge is 0.0845 e. The summed E-state index contributed by atoms with van der Waals surface area (Å²) in [7, 11) is 0. The van der Waals surface area contributed by atoms with E-state index in [1.165, 1.54) is 19.6 Å². The van der Waals surface area contributed by atoms with Crippen molar-refractivity contribution in [2.45, 2.75) is 16.2 Å². The van der Waals surface area contributed by atoms with Crippen molar-refractivity contribution in [1.82, 2.24) is 0 Å². The highest BCUT2D eigenvalue weighted by atomic mass is 32.2. The number of hydrogen-bond acceptors (Lipinski definition) is 4. The Morgan fingerprint density at radius 1 is 0.486 bits per heavy atom. The molecule has 4 heteroatoms. The number of hydrogen-bond donors (Lipinski definition) is 0. The molecule has 0 aliphatic carbocycles. The summed E-state index contributed by atoms with van der Waals surface area (Å²) in [4.78, 5) is 14.8. The SMILES string of the molecule is C(/C/C=C1/Sc2ccccc2N=C1c1ccccc1)=C1\Sc2ccccc2N=C1c1ccccc1. The van der Waals surface area contributed by atoms with Gasteiger partial charge in [-0.2, -0.15) is 0 Å². The molecule has 0 radical (unpaired) electrons. The van der Waals surface area contributed by atoms with Crippen LogP contribution in [0.25, 0.3) is 0 Å². The largest absolute Gasteiger partial charge is 0.246 e. The Hall–Kier alpha value is -3.60. The first-order valence-corrected chi connectivity index (χ1v) is 13.2. The van der Waals surface area contributed by atoms with E-state index in [0.29, 0.717) is 0 Å². The van der Waals surface area contributed by atoms with E-state index in [0.717, 1.165) is 40.3 Å². The standard InChI is InChI=1S/C31H22N2S2/c1-3-12-22(13-4-1)30-28(34-26-18-9-7-16-24(26)32-30)20-11-21-29-31(23-14-5-2-6-15-23)33-25-17-8-10-19-27(25)35-29/h1-10,12-21H,11H2/b28-20+,29-21+. The van der Waals surface area contributed by atoms with E-state index in [4.69, 9.17) is 9.98 Å². The van der Waals surface area contributed by atoms with Crippen molar-refractivity contribution in [3.63, 3.8) is 0 Å². The highest BCUT2D eigenvalue weighted by molar-refractivity contribution is 8.04. The molecular formula is C31H22N2S2. The molecule has 0 spiro atoms.